The lowest BCUT2D eigenvalue weighted by Crippen LogP contribution is -2.29. The Morgan fingerprint density at radius 2 is 1.62 bits per heavy atom. The van der Waals surface area contributed by atoms with E-state index >= 15 is 0 Å². The molecule has 5 rings (SSSR count). The second kappa shape index (κ2) is 8.41. The number of sulfonamides is 1. The molecule has 1 aliphatic rings. The average molecular weight is 447 g/mol. The van der Waals surface area contributed by atoms with E-state index < -0.39 is 10.0 Å². The molecule has 0 bridgehead atoms. The molecule has 4 aromatic rings. The summed E-state index contributed by atoms with van der Waals surface area (Å²) in [6, 6.07) is 22.4. The molecule has 2 N–H and O–H groups in total. The summed E-state index contributed by atoms with van der Waals surface area (Å²) in [5.74, 6) is 0.411. The van der Waals surface area contributed by atoms with E-state index in [1.165, 1.54) is 0 Å². The normalized spacial score (nSPS) is 15.8. The fraction of sp³-hybridized carbons (Fsp3) is 0.240. The van der Waals surface area contributed by atoms with Crippen molar-refractivity contribution in [2.75, 3.05) is 24.9 Å². The van der Waals surface area contributed by atoms with Crippen molar-refractivity contribution >= 4 is 26.6 Å². The summed E-state index contributed by atoms with van der Waals surface area (Å²) in [6.07, 6.45) is 2.13. The molecular weight excluding hydrogens is 420 g/mol. The van der Waals surface area contributed by atoms with Crippen molar-refractivity contribution < 1.29 is 8.42 Å². The monoisotopic (exact) mass is 446 g/mol. The zero-order chi connectivity index (χ0) is 22.1. The van der Waals surface area contributed by atoms with Gasteiger partial charge in [-0.05, 0) is 74.4 Å². The van der Waals surface area contributed by atoms with Crippen LogP contribution in [0.5, 0.6) is 0 Å². The van der Waals surface area contributed by atoms with E-state index in [1.807, 2.05) is 54.6 Å². The maximum Gasteiger partial charge on any atom is 0.261 e. The van der Waals surface area contributed by atoms with Crippen molar-refractivity contribution in [1.82, 2.24) is 15.1 Å². The number of rotatable bonds is 5. The molecule has 0 radical (unpaired) electrons. The summed E-state index contributed by atoms with van der Waals surface area (Å²) in [4.78, 5) is 2.57. The van der Waals surface area contributed by atoms with Gasteiger partial charge in [-0.3, -0.25) is 9.82 Å². The Morgan fingerprint density at radius 1 is 0.938 bits per heavy atom. The highest BCUT2D eigenvalue weighted by Crippen LogP contribution is 2.33. The molecular formula is C25H26N4O2S. The fourth-order valence-corrected chi connectivity index (χ4v) is 5.42. The van der Waals surface area contributed by atoms with Crippen LogP contribution in [0.25, 0.3) is 22.0 Å². The molecule has 1 fully saturated rings. The van der Waals surface area contributed by atoms with Crippen LogP contribution in [0, 0.1) is 0 Å². The van der Waals surface area contributed by atoms with Crippen molar-refractivity contribution in [2.24, 2.45) is 0 Å². The predicted molar refractivity (Wildman–Crippen MR) is 128 cm³/mol. The van der Waals surface area contributed by atoms with Gasteiger partial charge < -0.3 is 4.90 Å². The standard InChI is InChI=1S/C25H26N4O2S/c1-29-15-13-20(14-16-29)25-23-17-21(9-12-24(23)26-27-25)28-32(30,31)22-10-7-19(8-11-22)18-5-3-2-4-6-18/h2-12,17,20,28H,13-16H2,1H3,(H,26,27). The number of fused-ring (bicyclic) bond motifs is 1. The van der Waals surface area contributed by atoms with Crippen LogP contribution in [-0.2, 0) is 10.0 Å². The average Bonchev–Trinajstić information content (AvgIpc) is 3.23. The Labute approximate surface area is 188 Å². The third kappa shape index (κ3) is 4.13. The topological polar surface area (TPSA) is 78.1 Å². The zero-order valence-corrected chi connectivity index (χ0v) is 18.8. The molecule has 164 valence electrons. The van der Waals surface area contributed by atoms with Crippen LogP contribution in [0.1, 0.15) is 24.5 Å². The zero-order valence-electron chi connectivity index (χ0n) is 18.0. The molecule has 0 amide bonds. The number of likely N-dealkylation sites (tertiary alicyclic amines) is 1. The van der Waals surface area contributed by atoms with Crippen LogP contribution in [0.4, 0.5) is 5.69 Å². The molecule has 1 saturated heterocycles. The maximum atomic E-state index is 13.0. The third-order valence-electron chi connectivity index (χ3n) is 6.23. The summed E-state index contributed by atoms with van der Waals surface area (Å²) in [5, 5.41) is 8.61. The summed E-state index contributed by atoms with van der Waals surface area (Å²) in [7, 11) is -1.56. The molecule has 2 heterocycles. The Balaban J connectivity index is 1.39. The van der Waals surface area contributed by atoms with E-state index in [-0.39, 0.29) is 4.90 Å². The van der Waals surface area contributed by atoms with Gasteiger partial charge in [-0.1, -0.05) is 42.5 Å². The van der Waals surface area contributed by atoms with E-state index in [0.29, 0.717) is 11.6 Å². The highest BCUT2D eigenvalue weighted by Gasteiger charge is 2.22. The van der Waals surface area contributed by atoms with Crippen molar-refractivity contribution in [3.05, 3.63) is 78.5 Å². The van der Waals surface area contributed by atoms with Gasteiger partial charge in [0.25, 0.3) is 10.0 Å². The summed E-state index contributed by atoms with van der Waals surface area (Å²) in [6.45, 7) is 2.10. The number of H-pyrrole nitrogens is 1. The highest BCUT2D eigenvalue weighted by atomic mass is 32.2. The third-order valence-corrected chi connectivity index (χ3v) is 7.63. The number of nitrogens with one attached hydrogen (secondary N) is 2. The minimum absolute atomic E-state index is 0.236. The number of hydrogen-bond acceptors (Lipinski definition) is 4. The first-order valence-electron chi connectivity index (χ1n) is 10.8. The summed E-state index contributed by atoms with van der Waals surface area (Å²) in [5.41, 5.74) is 4.53. The van der Waals surface area contributed by atoms with Crippen molar-refractivity contribution in [1.29, 1.82) is 0 Å². The number of hydrogen-bond donors (Lipinski definition) is 2. The molecule has 0 atom stereocenters. The molecule has 1 aromatic heterocycles. The molecule has 0 aliphatic carbocycles. The molecule has 7 heteroatoms. The fourth-order valence-electron chi connectivity index (χ4n) is 4.37. The first kappa shape index (κ1) is 20.7. The molecule has 0 spiro atoms. The van der Waals surface area contributed by atoms with Gasteiger partial charge in [-0.2, -0.15) is 5.10 Å². The SMILES string of the molecule is CN1CCC(c2[nH]nc3ccc(NS(=O)(=O)c4ccc(-c5ccccc5)cc4)cc23)CC1. The Hall–Kier alpha value is -3.16. The van der Waals surface area contributed by atoms with Crippen LogP contribution in [-0.4, -0.2) is 43.7 Å². The highest BCUT2D eigenvalue weighted by molar-refractivity contribution is 7.92. The first-order chi connectivity index (χ1) is 15.5. The second-order valence-corrected chi connectivity index (χ2v) is 10.1. The van der Waals surface area contributed by atoms with Gasteiger partial charge in [0.1, 0.15) is 0 Å². The van der Waals surface area contributed by atoms with Crippen molar-refractivity contribution in [3.63, 3.8) is 0 Å². The Morgan fingerprint density at radius 3 is 2.34 bits per heavy atom. The summed E-state index contributed by atoms with van der Waals surface area (Å²) < 4.78 is 28.7. The largest absolute Gasteiger partial charge is 0.306 e. The van der Waals surface area contributed by atoms with Gasteiger partial charge in [-0.15, -0.1) is 0 Å². The molecule has 3 aromatic carbocycles. The van der Waals surface area contributed by atoms with E-state index in [0.717, 1.165) is 53.7 Å². The van der Waals surface area contributed by atoms with Crippen LogP contribution in [0.3, 0.4) is 0 Å². The van der Waals surface area contributed by atoms with Crippen LogP contribution >= 0.6 is 0 Å². The van der Waals surface area contributed by atoms with Gasteiger partial charge in [0.05, 0.1) is 10.4 Å². The number of benzene rings is 3. The van der Waals surface area contributed by atoms with Crippen molar-refractivity contribution in [2.45, 2.75) is 23.7 Å². The summed E-state index contributed by atoms with van der Waals surface area (Å²) >= 11 is 0. The number of aromatic nitrogens is 2. The molecule has 6 nitrogen and oxygen atoms in total. The quantitative estimate of drug-likeness (QED) is 0.460. The molecule has 0 saturated carbocycles. The van der Waals surface area contributed by atoms with E-state index in [1.54, 1.807) is 18.2 Å². The number of nitrogens with zero attached hydrogens (tertiary/aromatic N) is 2. The van der Waals surface area contributed by atoms with Gasteiger partial charge in [-0.25, -0.2) is 8.42 Å². The minimum atomic E-state index is -3.70. The smallest absolute Gasteiger partial charge is 0.261 e. The number of anilines is 1. The lowest BCUT2D eigenvalue weighted by molar-refractivity contribution is 0.254. The van der Waals surface area contributed by atoms with Crippen LogP contribution < -0.4 is 4.72 Å². The molecule has 32 heavy (non-hydrogen) atoms. The maximum absolute atomic E-state index is 13.0. The van der Waals surface area contributed by atoms with Crippen LogP contribution in [0.15, 0.2) is 77.7 Å². The lowest BCUT2D eigenvalue weighted by atomic mass is 9.92. The van der Waals surface area contributed by atoms with Gasteiger partial charge in [0, 0.05) is 22.7 Å². The number of piperidine rings is 1. The molecule has 0 unspecified atom stereocenters. The van der Waals surface area contributed by atoms with Crippen LogP contribution in [0.2, 0.25) is 0 Å². The second-order valence-electron chi connectivity index (χ2n) is 8.44. The van der Waals surface area contributed by atoms with Gasteiger partial charge in [0.15, 0.2) is 0 Å². The Kier molecular flexibility index (Phi) is 5.45. The minimum Gasteiger partial charge on any atom is -0.306 e. The van der Waals surface area contributed by atoms with Gasteiger partial charge >= 0.3 is 0 Å². The Bertz CT molecular complexity index is 1320. The lowest BCUT2D eigenvalue weighted by Gasteiger charge is -2.28. The van der Waals surface area contributed by atoms with Gasteiger partial charge in [0.2, 0.25) is 0 Å². The van der Waals surface area contributed by atoms with Crippen molar-refractivity contribution in [3.8, 4) is 11.1 Å². The van der Waals surface area contributed by atoms with E-state index in [9.17, 15) is 8.42 Å². The number of aromatic amines is 1. The first-order valence-corrected chi connectivity index (χ1v) is 12.3. The predicted octanol–water partition coefficient (Wildman–Crippen LogP) is 4.84. The van der Waals surface area contributed by atoms with E-state index in [4.69, 9.17) is 0 Å². The van der Waals surface area contributed by atoms with E-state index in [2.05, 4.69) is 26.9 Å². The molecule has 1 aliphatic heterocycles.